The molecule has 8 nitrogen and oxygen atoms in total. The molecule has 2 N–H and O–H groups in total. The summed E-state index contributed by atoms with van der Waals surface area (Å²) < 4.78 is 6.94. The summed E-state index contributed by atoms with van der Waals surface area (Å²) in [5.74, 6) is -0.439. The minimum Gasteiger partial charge on any atom is -0.376 e. The molecular weight excluding hydrogens is 276 g/mol. The highest BCUT2D eigenvalue weighted by atomic mass is 16.6. The number of hydrogen-bond donors (Lipinski definition) is 2. The molecule has 0 spiro atoms. The lowest BCUT2D eigenvalue weighted by Crippen LogP contribution is -2.35. The maximum Gasteiger partial charge on any atom is 0.323 e. The van der Waals surface area contributed by atoms with Crippen LogP contribution in [0.5, 0.6) is 0 Å². The molecule has 1 saturated heterocycles. The largest absolute Gasteiger partial charge is 0.376 e. The Hall–Kier alpha value is -1.93. The van der Waals surface area contributed by atoms with Crippen molar-refractivity contribution in [3.63, 3.8) is 0 Å². The topological polar surface area (TPSA) is 98.4 Å². The van der Waals surface area contributed by atoms with Gasteiger partial charge in [-0.15, -0.1) is 0 Å². The van der Waals surface area contributed by atoms with Crippen LogP contribution in [0.25, 0.3) is 0 Å². The van der Waals surface area contributed by atoms with Gasteiger partial charge in [-0.25, -0.2) is 4.57 Å². The molecule has 21 heavy (non-hydrogen) atoms. The fourth-order valence-electron chi connectivity index (χ4n) is 2.35. The molecule has 0 unspecified atom stereocenters. The van der Waals surface area contributed by atoms with E-state index in [1.807, 2.05) is 0 Å². The maximum absolute atomic E-state index is 11.9. The van der Waals surface area contributed by atoms with E-state index in [1.54, 1.807) is 0 Å². The van der Waals surface area contributed by atoms with Crippen LogP contribution in [0, 0.1) is 10.1 Å². The predicted octanol–water partition coefficient (Wildman–Crippen LogP) is 0.432. The van der Waals surface area contributed by atoms with E-state index in [9.17, 15) is 14.9 Å². The average Bonchev–Trinajstić information content (AvgIpc) is 2.86. The number of ether oxygens (including phenoxy) is 1. The number of carbonyl (C=O) groups excluding carboxylic acids is 1. The monoisotopic (exact) mass is 296 g/mol. The van der Waals surface area contributed by atoms with E-state index in [0.717, 1.165) is 25.9 Å². The van der Waals surface area contributed by atoms with Crippen molar-refractivity contribution in [2.45, 2.75) is 18.9 Å². The normalized spacial score (nSPS) is 15.9. The molecule has 0 aromatic carbocycles. The number of nitrogens with zero attached hydrogens (tertiary/aromatic N) is 2. The SMILES string of the molecule is Cn1c(C(=O)NCCOC2CCNCC2)ccc1[N+](=O)[O-]. The molecule has 0 bridgehead atoms. The van der Waals surface area contributed by atoms with Crippen molar-refractivity contribution in [1.82, 2.24) is 15.2 Å². The summed E-state index contributed by atoms with van der Waals surface area (Å²) >= 11 is 0. The second-order valence-electron chi connectivity index (χ2n) is 4.97. The number of nitro groups is 1. The molecule has 1 fully saturated rings. The van der Waals surface area contributed by atoms with E-state index in [1.165, 1.54) is 23.7 Å². The first-order valence-electron chi connectivity index (χ1n) is 7.00. The van der Waals surface area contributed by atoms with Crippen LogP contribution in [0.15, 0.2) is 12.1 Å². The van der Waals surface area contributed by atoms with Gasteiger partial charge in [0.15, 0.2) is 5.69 Å². The molecule has 116 valence electrons. The van der Waals surface area contributed by atoms with Crippen molar-refractivity contribution < 1.29 is 14.5 Å². The van der Waals surface area contributed by atoms with E-state index in [4.69, 9.17) is 4.74 Å². The van der Waals surface area contributed by atoms with Crippen LogP contribution < -0.4 is 10.6 Å². The minimum atomic E-state index is -0.517. The quantitative estimate of drug-likeness (QED) is 0.451. The number of amides is 1. The Morgan fingerprint density at radius 1 is 1.52 bits per heavy atom. The molecule has 0 radical (unpaired) electrons. The highest BCUT2D eigenvalue weighted by Gasteiger charge is 2.20. The van der Waals surface area contributed by atoms with Crippen LogP contribution in [0.1, 0.15) is 23.3 Å². The Balaban J connectivity index is 1.75. The molecule has 2 heterocycles. The third kappa shape index (κ3) is 4.02. The van der Waals surface area contributed by atoms with Crippen LogP contribution in [-0.2, 0) is 11.8 Å². The number of hydrogen-bond acceptors (Lipinski definition) is 5. The molecule has 8 heteroatoms. The third-order valence-corrected chi connectivity index (χ3v) is 3.54. The lowest BCUT2D eigenvalue weighted by molar-refractivity contribution is -0.391. The molecule has 0 aliphatic carbocycles. The number of aromatic nitrogens is 1. The first-order valence-corrected chi connectivity index (χ1v) is 7.00. The van der Waals surface area contributed by atoms with E-state index in [0.29, 0.717) is 13.2 Å². The first kappa shape index (κ1) is 15.5. The summed E-state index contributed by atoms with van der Waals surface area (Å²) in [6.07, 6.45) is 2.22. The average molecular weight is 296 g/mol. The van der Waals surface area contributed by atoms with Crippen molar-refractivity contribution in [3.05, 3.63) is 27.9 Å². The Morgan fingerprint density at radius 2 is 2.24 bits per heavy atom. The smallest absolute Gasteiger partial charge is 0.323 e. The molecular formula is C13H20N4O4. The molecule has 1 aliphatic rings. The predicted molar refractivity (Wildman–Crippen MR) is 76.2 cm³/mol. The van der Waals surface area contributed by atoms with Gasteiger partial charge in [-0.2, -0.15) is 0 Å². The lowest BCUT2D eigenvalue weighted by atomic mass is 10.1. The Morgan fingerprint density at radius 3 is 2.86 bits per heavy atom. The summed E-state index contributed by atoms with van der Waals surface area (Å²) in [7, 11) is 1.50. The van der Waals surface area contributed by atoms with Gasteiger partial charge in [0.1, 0.15) is 0 Å². The second kappa shape index (κ2) is 7.19. The van der Waals surface area contributed by atoms with Crippen molar-refractivity contribution in [2.24, 2.45) is 7.05 Å². The van der Waals surface area contributed by atoms with E-state index < -0.39 is 4.92 Å². The Labute approximate surface area is 122 Å². The van der Waals surface area contributed by atoms with Crippen LogP contribution in [0.2, 0.25) is 0 Å². The zero-order valence-electron chi connectivity index (χ0n) is 12.0. The standard InChI is InChI=1S/C13H20N4O4/c1-16-11(2-3-12(16)17(19)20)13(18)15-8-9-21-10-4-6-14-7-5-10/h2-3,10,14H,4-9H2,1H3,(H,15,18). The van der Waals surface area contributed by atoms with Gasteiger partial charge in [-0.3, -0.25) is 4.79 Å². The number of carbonyl (C=O) groups is 1. The molecule has 1 amide bonds. The molecule has 0 atom stereocenters. The summed E-state index contributed by atoms with van der Waals surface area (Å²) in [4.78, 5) is 22.1. The second-order valence-corrected chi connectivity index (χ2v) is 4.97. The van der Waals surface area contributed by atoms with Gasteiger partial charge < -0.3 is 25.5 Å². The molecule has 1 aliphatic heterocycles. The van der Waals surface area contributed by atoms with Gasteiger partial charge in [0.25, 0.3) is 5.91 Å². The minimum absolute atomic E-state index is 0.105. The van der Waals surface area contributed by atoms with Gasteiger partial charge in [0.2, 0.25) is 0 Å². The number of piperidine rings is 1. The highest BCUT2D eigenvalue weighted by Crippen LogP contribution is 2.14. The number of nitrogens with one attached hydrogen (secondary N) is 2. The van der Waals surface area contributed by atoms with Crippen molar-refractivity contribution in [2.75, 3.05) is 26.2 Å². The van der Waals surface area contributed by atoms with E-state index in [-0.39, 0.29) is 23.5 Å². The lowest BCUT2D eigenvalue weighted by Gasteiger charge is -2.22. The van der Waals surface area contributed by atoms with Gasteiger partial charge in [-0.1, -0.05) is 0 Å². The first-order chi connectivity index (χ1) is 10.1. The zero-order valence-corrected chi connectivity index (χ0v) is 12.0. The fraction of sp³-hybridized carbons (Fsp3) is 0.615. The van der Waals surface area contributed by atoms with Crippen molar-refractivity contribution >= 4 is 11.7 Å². The summed E-state index contributed by atoms with van der Waals surface area (Å²) in [5.41, 5.74) is 0.267. The van der Waals surface area contributed by atoms with E-state index in [2.05, 4.69) is 10.6 Å². The summed E-state index contributed by atoms with van der Waals surface area (Å²) in [6, 6.07) is 2.77. The Kier molecular flexibility index (Phi) is 5.29. The zero-order chi connectivity index (χ0) is 15.2. The summed E-state index contributed by atoms with van der Waals surface area (Å²) in [6.45, 7) is 2.76. The summed E-state index contributed by atoms with van der Waals surface area (Å²) in [5, 5.41) is 16.7. The number of rotatable bonds is 6. The molecule has 1 aromatic rings. The van der Waals surface area contributed by atoms with Crippen LogP contribution in [0.3, 0.4) is 0 Å². The molecule has 2 rings (SSSR count). The van der Waals surface area contributed by atoms with Crippen molar-refractivity contribution in [1.29, 1.82) is 0 Å². The van der Waals surface area contributed by atoms with Crippen molar-refractivity contribution in [3.8, 4) is 0 Å². The van der Waals surface area contributed by atoms with Crippen LogP contribution >= 0.6 is 0 Å². The van der Waals surface area contributed by atoms with Gasteiger partial charge in [0.05, 0.1) is 19.8 Å². The maximum atomic E-state index is 11.9. The molecule has 0 saturated carbocycles. The third-order valence-electron chi connectivity index (χ3n) is 3.54. The van der Waals surface area contributed by atoms with Gasteiger partial charge in [-0.05, 0) is 36.9 Å². The van der Waals surface area contributed by atoms with Gasteiger partial charge in [0, 0.05) is 12.6 Å². The van der Waals surface area contributed by atoms with Crippen LogP contribution in [0.4, 0.5) is 5.82 Å². The Bertz CT molecular complexity index is 508. The van der Waals surface area contributed by atoms with E-state index >= 15 is 0 Å². The highest BCUT2D eigenvalue weighted by molar-refractivity contribution is 5.93. The van der Waals surface area contributed by atoms with Crippen LogP contribution in [-0.4, -0.2) is 47.7 Å². The fourth-order valence-corrected chi connectivity index (χ4v) is 2.35. The molecule has 1 aromatic heterocycles. The van der Waals surface area contributed by atoms with Gasteiger partial charge >= 0.3 is 5.82 Å².